The van der Waals surface area contributed by atoms with Crippen LogP contribution in [0.5, 0.6) is 11.6 Å². The summed E-state index contributed by atoms with van der Waals surface area (Å²) in [4.78, 5) is 20.8. The monoisotopic (exact) mass is 437 g/mol. The summed E-state index contributed by atoms with van der Waals surface area (Å²) in [7, 11) is 0. The number of carbonyl (C=O) groups is 1. The summed E-state index contributed by atoms with van der Waals surface area (Å²) in [5.41, 5.74) is 8.72. The molecule has 1 saturated heterocycles. The fraction of sp³-hybridized carbons (Fsp3) is 0.348. The first kappa shape index (κ1) is 21.4. The molecule has 8 heteroatoms. The highest BCUT2D eigenvalue weighted by atomic mass is 32.1. The normalized spacial score (nSPS) is 17.2. The van der Waals surface area contributed by atoms with E-state index >= 15 is 0 Å². The molecule has 4 rings (SSSR count). The van der Waals surface area contributed by atoms with Gasteiger partial charge in [0, 0.05) is 29.4 Å². The molecule has 0 radical (unpaired) electrons. The molecule has 162 valence electrons. The van der Waals surface area contributed by atoms with Gasteiger partial charge >= 0.3 is 0 Å². The van der Waals surface area contributed by atoms with Crippen molar-refractivity contribution in [2.45, 2.75) is 37.8 Å². The molecule has 0 bridgehead atoms. The van der Waals surface area contributed by atoms with Gasteiger partial charge in [0.1, 0.15) is 5.75 Å². The number of benzene rings is 1. The van der Waals surface area contributed by atoms with E-state index in [4.69, 9.17) is 10.5 Å². The van der Waals surface area contributed by atoms with Crippen LogP contribution in [0.1, 0.15) is 46.1 Å². The van der Waals surface area contributed by atoms with Crippen LogP contribution in [0.15, 0.2) is 54.3 Å². The minimum atomic E-state index is -0.506. The van der Waals surface area contributed by atoms with E-state index in [2.05, 4.69) is 32.7 Å². The van der Waals surface area contributed by atoms with E-state index < -0.39 is 5.91 Å². The fourth-order valence-electron chi connectivity index (χ4n) is 3.79. The Balaban J connectivity index is 1.30. The zero-order valence-corrected chi connectivity index (χ0v) is 18.1. The van der Waals surface area contributed by atoms with E-state index in [0.29, 0.717) is 29.3 Å². The minimum Gasteiger partial charge on any atom is -0.439 e. The number of hydrogen-bond donors (Lipinski definition) is 3. The Morgan fingerprint density at radius 1 is 1.23 bits per heavy atom. The van der Waals surface area contributed by atoms with Gasteiger partial charge in [0.2, 0.25) is 11.8 Å². The van der Waals surface area contributed by atoms with Gasteiger partial charge in [0.05, 0.1) is 17.1 Å². The van der Waals surface area contributed by atoms with Crippen molar-refractivity contribution in [3.05, 3.63) is 70.3 Å². The zero-order chi connectivity index (χ0) is 21.5. The van der Waals surface area contributed by atoms with Crippen LogP contribution in [0, 0.1) is 0 Å². The van der Waals surface area contributed by atoms with E-state index in [1.54, 1.807) is 23.5 Å². The van der Waals surface area contributed by atoms with Crippen molar-refractivity contribution in [3.63, 3.8) is 0 Å². The molecule has 2 unspecified atom stereocenters. The van der Waals surface area contributed by atoms with Crippen LogP contribution < -0.4 is 21.1 Å². The van der Waals surface area contributed by atoms with E-state index in [0.717, 1.165) is 19.5 Å². The molecule has 2 atom stereocenters. The Kier molecular flexibility index (Phi) is 7.24. The molecule has 3 aromatic rings. The number of ether oxygens (including phenoxy) is 1. The lowest BCUT2D eigenvalue weighted by Gasteiger charge is -2.31. The summed E-state index contributed by atoms with van der Waals surface area (Å²) in [6, 6.07) is 12.0. The Morgan fingerprint density at radius 2 is 2.10 bits per heavy atom. The molecule has 7 nitrogen and oxygen atoms in total. The zero-order valence-electron chi connectivity index (χ0n) is 17.3. The molecule has 0 saturated carbocycles. The maximum atomic E-state index is 11.1. The van der Waals surface area contributed by atoms with Crippen molar-refractivity contribution in [2.75, 3.05) is 13.1 Å². The number of thiazole rings is 1. The Hall–Kier alpha value is -2.81. The molecule has 2 aromatic heterocycles. The predicted molar refractivity (Wildman–Crippen MR) is 121 cm³/mol. The second-order valence-electron chi connectivity index (χ2n) is 7.64. The number of amides is 1. The van der Waals surface area contributed by atoms with Crippen molar-refractivity contribution >= 4 is 17.2 Å². The Bertz CT molecular complexity index is 955. The molecule has 0 aliphatic carbocycles. The van der Waals surface area contributed by atoms with Gasteiger partial charge in [-0.05, 0) is 56.1 Å². The molecule has 1 aliphatic heterocycles. The molecule has 1 aliphatic rings. The van der Waals surface area contributed by atoms with E-state index in [-0.39, 0.29) is 0 Å². The van der Waals surface area contributed by atoms with Crippen molar-refractivity contribution in [1.82, 2.24) is 20.6 Å². The molecule has 0 spiro atoms. The molecule has 1 amide bonds. The molecule has 4 N–H and O–H groups in total. The second-order valence-corrected chi connectivity index (χ2v) is 8.56. The number of carbonyl (C=O) groups excluding carboxylic acids is 1. The maximum absolute atomic E-state index is 11.1. The largest absolute Gasteiger partial charge is 0.439 e. The van der Waals surface area contributed by atoms with Crippen LogP contribution in [0.25, 0.3) is 0 Å². The summed E-state index contributed by atoms with van der Waals surface area (Å²) < 4.78 is 5.75. The SMILES string of the molecule is NC(=O)c1ccc(Oc2ccc(CCNC(c3cncs3)C3CCCCN3)cc2)nc1. The molecular weight excluding hydrogens is 410 g/mol. The van der Waals surface area contributed by atoms with Gasteiger partial charge in [-0.25, -0.2) is 4.98 Å². The first-order valence-electron chi connectivity index (χ1n) is 10.6. The van der Waals surface area contributed by atoms with E-state index in [9.17, 15) is 4.79 Å². The summed E-state index contributed by atoms with van der Waals surface area (Å²) >= 11 is 1.71. The van der Waals surface area contributed by atoms with Crippen molar-refractivity contribution < 1.29 is 9.53 Å². The van der Waals surface area contributed by atoms with Crippen molar-refractivity contribution in [3.8, 4) is 11.6 Å². The van der Waals surface area contributed by atoms with Crippen LogP contribution in [0.3, 0.4) is 0 Å². The number of rotatable bonds is 9. The van der Waals surface area contributed by atoms with Crippen LogP contribution in [-0.2, 0) is 6.42 Å². The third-order valence-corrected chi connectivity index (χ3v) is 6.31. The van der Waals surface area contributed by atoms with Gasteiger partial charge in [-0.1, -0.05) is 18.6 Å². The summed E-state index contributed by atoms with van der Waals surface area (Å²) in [6.07, 6.45) is 8.04. The number of hydrogen-bond acceptors (Lipinski definition) is 7. The number of nitrogens with zero attached hydrogens (tertiary/aromatic N) is 2. The van der Waals surface area contributed by atoms with Gasteiger partial charge in [-0.3, -0.25) is 9.78 Å². The summed E-state index contributed by atoms with van der Waals surface area (Å²) in [5, 5.41) is 7.40. The quantitative estimate of drug-likeness (QED) is 0.474. The Labute approximate surface area is 186 Å². The highest BCUT2D eigenvalue weighted by Crippen LogP contribution is 2.26. The van der Waals surface area contributed by atoms with Crippen LogP contribution >= 0.6 is 11.3 Å². The average molecular weight is 438 g/mol. The van der Waals surface area contributed by atoms with E-state index in [1.807, 2.05) is 23.8 Å². The predicted octanol–water partition coefficient (Wildman–Crippen LogP) is 3.44. The maximum Gasteiger partial charge on any atom is 0.250 e. The van der Waals surface area contributed by atoms with Crippen molar-refractivity contribution in [2.24, 2.45) is 5.73 Å². The summed E-state index contributed by atoms with van der Waals surface area (Å²) in [6.45, 7) is 1.97. The standard InChI is InChI=1S/C23H27N5O2S/c24-23(29)17-6-9-21(28-13-17)30-18-7-4-16(5-8-18)10-12-27-22(20-14-25-15-31-20)19-3-1-2-11-26-19/h4-9,13-15,19,22,26-27H,1-3,10-12H2,(H2,24,29). The lowest BCUT2D eigenvalue weighted by Crippen LogP contribution is -2.44. The van der Waals surface area contributed by atoms with Gasteiger partial charge in [-0.15, -0.1) is 11.3 Å². The lowest BCUT2D eigenvalue weighted by atomic mass is 9.97. The van der Waals surface area contributed by atoms with Crippen molar-refractivity contribution in [1.29, 1.82) is 0 Å². The van der Waals surface area contributed by atoms with Gasteiger partial charge in [0.25, 0.3) is 0 Å². The molecular formula is C23H27N5O2S. The van der Waals surface area contributed by atoms with Gasteiger partial charge in [-0.2, -0.15) is 0 Å². The second kappa shape index (κ2) is 10.5. The number of aromatic nitrogens is 2. The molecule has 3 heterocycles. The number of primary amides is 1. The Morgan fingerprint density at radius 3 is 2.74 bits per heavy atom. The lowest BCUT2D eigenvalue weighted by molar-refractivity contribution is 0.1000. The molecule has 31 heavy (non-hydrogen) atoms. The summed E-state index contributed by atoms with van der Waals surface area (Å²) in [5.74, 6) is 0.616. The highest BCUT2D eigenvalue weighted by Gasteiger charge is 2.25. The van der Waals surface area contributed by atoms with Gasteiger partial charge in [0.15, 0.2) is 0 Å². The molecule has 1 fully saturated rings. The van der Waals surface area contributed by atoms with Crippen LogP contribution in [-0.4, -0.2) is 35.0 Å². The average Bonchev–Trinajstić information content (AvgIpc) is 3.33. The number of piperidine rings is 1. The van der Waals surface area contributed by atoms with Crippen LogP contribution in [0.2, 0.25) is 0 Å². The first-order chi connectivity index (χ1) is 15.2. The van der Waals surface area contributed by atoms with Crippen LogP contribution in [0.4, 0.5) is 0 Å². The van der Waals surface area contributed by atoms with E-state index in [1.165, 1.54) is 35.9 Å². The fourth-order valence-corrected chi connectivity index (χ4v) is 4.55. The number of nitrogens with one attached hydrogen (secondary N) is 2. The third-order valence-electron chi connectivity index (χ3n) is 5.45. The molecule has 1 aromatic carbocycles. The van der Waals surface area contributed by atoms with Gasteiger partial charge < -0.3 is 21.1 Å². The highest BCUT2D eigenvalue weighted by molar-refractivity contribution is 7.09. The smallest absolute Gasteiger partial charge is 0.250 e. The topological polar surface area (TPSA) is 102 Å². The minimum absolute atomic E-state index is 0.296. The number of pyridine rings is 1. The first-order valence-corrected chi connectivity index (χ1v) is 11.4. The number of nitrogens with two attached hydrogens (primary N) is 1. The third kappa shape index (κ3) is 5.88.